The number of carbonyl (C=O) groups is 1. The third-order valence-electron chi connectivity index (χ3n) is 5.18. The van der Waals surface area contributed by atoms with Crippen molar-refractivity contribution in [2.24, 2.45) is 0 Å². The minimum atomic E-state index is -0.229. The number of carbonyl (C=O) groups excluding carboxylic acids is 1. The number of hydrogen-bond donors (Lipinski definition) is 1. The number of rotatable bonds is 6. The minimum Gasteiger partial charge on any atom is -0.455 e. The van der Waals surface area contributed by atoms with Crippen molar-refractivity contribution in [1.29, 1.82) is 0 Å². The number of nitrogens with zero attached hydrogens (tertiary/aromatic N) is 3. The van der Waals surface area contributed by atoms with Gasteiger partial charge in [-0.05, 0) is 63.2 Å². The van der Waals surface area contributed by atoms with E-state index in [0.717, 1.165) is 60.9 Å². The van der Waals surface area contributed by atoms with E-state index in [1.54, 1.807) is 6.07 Å². The van der Waals surface area contributed by atoms with Crippen molar-refractivity contribution in [2.45, 2.75) is 46.2 Å². The van der Waals surface area contributed by atoms with Crippen molar-refractivity contribution < 1.29 is 9.21 Å². The van der Waals surface area contributed by atoms with E-state index in [4.69, 9.17) is 4.42 Å². The van der Waals surface area contributed by atoms with Gasteiger partial charge in [0.05, 0.1) is 17.6 Å². The van der Waals surface area contributed by atoms with Gasteiger partial charge in [0.15, 0.2) is 5.76 Å². The second kappa shape index (κ2) is 7.56. The van der Waals surface area contributed by atoms with Crippen LogP contribution in [0.3, 0.4) is 0 Å². The molecule has 1 fully saturated rings. The average Bonchev–Trinajstić information content (AvgIpc) is 3.40. The molecule has 0 aliphatic carbocycles. The minimum absolute atomic E-state index is 0.229. The number of fused-ring (bicyclic) bond motifs is 1. The first-order chi connectivity index (χ1) is 13.2. The van der Waals surface area contributed by atoms with Crippen LogP contribution in [0.15, 0.2) is 34.7 Å². The van der Waals surface area contributed by atoms with E-state index in [-0.39, 0.29) is 5.91 Å². The van der Waals surface area contributed by atoms with Crippen LogP contribution in [0.4, 0.5) is 5.69 Å². The zero-order valence-corrected chi connectivity index (χ0v) is 16.0. The van der Waals surface area contributed by atoms with E-state index in [1.807, 2.05) is 24.3 Å². The third kappa shape index (κ3) is 3.62. The van der Waals surface area contributed by atoms with Crippen LogP contribution in [0.1, 0.15) is 48.8 Å². The zero-order valence-electron chi connectivity index (χ0n) is 16.0. The number of anilines is 1. The molecule has 1 aliphatic heterocycles. The highest BCUT2D eigenvalue weighted by Crippen LogP contribution is 2.22. The predicted molar refractivity (Wildman–Crippen MR) is 106 cm³/mol. The average molecular weight is 366 g/mol. The van der Waals surface area contributed by atoms with Crippen molar-refractivity contribution in [3.05, 3.63) is 47.7 Å². The molecule has 1 saturated heterocycles. The first kappa shape index (κ1) is 17.8. The lowest BCUT2D eigenvalue weighted by Gasteiger charge is -2.11. The summed E-state index contributed by atoms with van der Waals surface area (Å²) in [4.78, 5) is 19.6. The molecular formula is C21H26N4O2. The fraction of sp³-hybridized carbons (Fsp3) is 0.429. The van der Waals surface area contributed by atoms with E-state index >= 15 is 0 Å². The lowest BCUT2D eigenvalue weighted by Crippen LogP contribution is -2.18. The van der Waals surface area contributed by atoms with Crippen LogP contribution in [0, 0.1) is 0 Å². The predicted octanol–water partition coefficient (Wildman–Crippen LogP) is 4.06. The molecule has 6 heteroatoms. The first-order valence-electron chi connectivity index (χ1n) is 9.79. The van der Waals surface area contributed by atoms with E-state index in [0.29, 0.717) is 5.76 Å². The molecule has 0 radical (unpaired) electrons. The number of furan rings is 1. The number of hydrogen-bond acceptors (Lipinski definition) is 4. The highest BCUT2D eigenvalue weighted by Gasteiger charge is 2.17. The molecule has 1 N–H and O–H groups in total. The van der Waals surface area contributed by atoms with Gasteiger partial charge in [0.1, 0.15) is 11.6 Å². The zero-order chi connectivity index (χ0) is 18.8. The van der Waals surface area contributed by atoms with Gasteiger partial charge in [-0.15, -0.1) is 0 Å². The van der Waals surface area contributed by atoms with Crippen molar-refractivity contribution in [3.8, 4) is 0 Å². The third-order valence-corrected chi connectivity index (χ3v) is 5.18. The first-order valence-corrected chi connectivity index (χ1v) is 9.79. The van der Waals surface area contributed by atoms with Gasteiger partial charge in [0.2, 0.25) is 0 Å². The van der Waals surface area contributed by atoms with Crippen molar-refractivity contribution in [3.63, 3.8) is 0 Å². The quantitative estimate of drug-likeness (QED) is 0.715. The summed E-state index contributed by atoms with van der Waals surface area (Å²) >= 11 is 0. The van der Waals surface area contributed by atoms with E-state index < -0.39 is 0 Å². The van der Waals surface area contributed by atoms with Crippen LogP contribution in [-0.4, -0.2) is 33.4 Å². The number of aryl methyl sites for hydroxylation is 2. The Balaban J connectivity index is 1.48. The van der Waals surface area contributed by atoms with Gasteiger partial charge < -0.3 is 14.3 Å². The summed E-state index contributed by atoms with van der Waals surface area (Å²) in [7, 11) is 0. The molecule has 1 aromatic carbocycles. The maximum atomic E-state index is 12.5. The van der Waals surface area contributed by atoms with Gasteiger partial charge in [0.25, 0.3) is 5.91 Å². The maximum Gasteiger partial charge on any atom is 0.291 e. The lowest BCUT2D eigenvalue weighted by molar-refractivity contribution is 0.0993. The summed E-state index contributed by atoms with van der Waals surface area (Å²) in [6.45, 7) is 8.09. The Bertz CT molecular complexity index is 950. The number of nitrogens with one attached hydrogen (secondary N) is 1. The summed E-state index contributed by atoms with van der Waals surface area (Å²) in [5, 5.41) is 2.93. The van der Waals surface area contributed by atoms with Gasteiger partial charge in [-0.25, -0.2) is 4.98 Å². The highest BCUT2D eigenvalue weighted by atomic mass is 16.4. The van der Waals surface area contributed by atoms with Crippen LogP contribution >= 0.6 is 0 Å². The van der Waals surface area contributed by atoms with Crippen LogP contribution in [0.25, 0.3) is 11.0 Å². The molecule has 1 aliphatic rings. The molecule has 1 amide bonds. The summed E-state index contributed by atoms with van der Waals surface area (Å²) in [6.07, 6.45) is 3.37. The van der Waals surface area contributed by atoms with Crippen LogP contribution in [0.5, 0.6) is 0 Å². The SMILES string of the molecule is CCc1nc2cc(NC(=O)c3ccc(CN4CCCC4)o3)ccc2n1CC. The number of aromatic nitrogens is 2. The Morgan fingerprint density at radius 2 is 2.00 bits per heavy atom. The van der Waals surface area contributed by atoms with Gasteiger partial charge in [-0.2, -0.15) is 0 Å². The second-order valence-corrected chi connectivity index (χ2v) is 7.03. The van der Waals surface area contributed by atoms with Crippen molar-refractivity contribution in [2.75, 3.05) is 18.4 Å². The van der Waals surface area contributed by atoms with Crippen LogP contribution < -0.4 is 5.32 Å². The standard InChI is InChI=1S/C21H26N4O2/c1-3-20-23-17-13-15(7-9-18(17)25(20)4-2)22-21(26)19-10-8-16(27-19)14-24-11-5-6-12-24/h7-10,13H,3-6,11-12,14H2,1-2H3,(H,22,26). The van der Waals surface area contributed by atoms with Gasteiger partial charge in [-0.3, -0.25) is 9.69 Å². The van der Waals surface area contributed by atoms with Gasteiger partial charge in [-0.1, -0.05) is 6.92 Å². The molecule has 0 unspecified atom stereocenters. The second-order valence-electron chi connectivity index (χ2n) is 7.03. The van der Waals surface area contributed by atoms with Crippen molar-refractivity contribution in [1.82, 2.24) is 14.5 Å². The Morgan fingerprint density at radius 3 is 2.74 bits per heavy atom. The summed E-state index contributed by atoms with van der Waals surface area (Å²) in [5.41, 5.74) is 2.73. The van der Waals surface area contributed by atoms with Gasteiger partial charge in [0, 0.05) is 18.7 Å². The molecule has 0 spiro atoms. The molecule has 3 aromatic rings. The number of benzene rings is 1. The molecule has 4 rings (SSSR count). The fourth-order valence-electron chi connectivity index (χ4n) is 3.82. The van der Waals surface area contributed by atoms with E-state index in [2.05, 4.69) is 33.6 Å². The fourth-order valence-corrected chi connectivity index (χ4v) is 3.82. The Kier molecular flexibility index (Phi) is 4.99. The largest absolute Gasteiger partial charge is 0.455 e. The summed E-state index contributed by atoms with van der Waals surface area (Å²) in [6, 6.07) is 9.50. The van der Waals surface area contributed by atoms with E-state index in [1.165, 1.54) is 12.8 Å². The molecule has 0 bridgehead atoms. The normalized spacial score (nSPS) is 14.9. The molecular weight excluding hydrogens is 340 g/mol. The topological polar surface area (TPSA) is 63.3 Å². The van der Waals surface area contributed by atoms with Crippen LogP contribution in [0.2, 0.25) is 0 Å². The molecule has 3 heterocycles. The molecule has 0 atom stereocenters. The Labute approximate surface area is 159 Å². The van der Waals surface area contributed by atoms with Gasteiger partial charge >= 0.3 is 0 Å². The molecule has 142 valence electrons. The van der Waals surface area contributed by atoms with Crippen LogP contribution in [-0.2, 0) is 19.5 Å². The number of imidazole rings is 1. The Hall–Kier alpha value is -2.60. The number of amides is 1. The number of likely N-dealkylation sites (tertiary alicyclic amines) is 1. The molecule has 6 nitrogen and oxygen atoms in total. The molecule has 0 saturated carbocycles. The highest BCUT2D eigenvalue weighted by molar-refractivity contribution is 6.03. The maximum absolute atomic E-state index is 12.5. The summed E-state index contributed by atoms with van der Waals surface area (Å²) in [5.74, 6) is 2.02. The van der Waals surface area contributed by atoms with E-state index in [9.17, 15) is 4.79 Å². The monoisotopic (exact) mass is 366 g/mol. The van der Waals surface area contributed by atoms with Crippen molar-refractivity contribution >= 4 is 22.6 Å². The molecule has 2 aromatic heterocycles. The lowest BCUT2D eigenvalue weighted by atomic mass is 10.2. The summed E-state index contributed by atoms with van der Waals surface area (Å²) < 4.78 is 7.96. The molecule has 27 heavy (non-hydrogen) atoms. The Morgan fingerprint density at radius 1 is 1.19 bits per heavy atom. The smallest absolute Gasteiger partial charge is 0.291 e.